The average Bonchev–Trinajstić information content (AvgIpc) is 2.47. The quantitative estimate of drug-likeness (QED) is 0.628. The number of carboxylic acid groups (broad SMARTS) is 1. The summed E-state index contributed by atoms with van der Waals surface area (Å²) in [6.45, 7) is 0.632. The molecule has 0 aliphatic heterocycles. The van der Waals surface area contributed by atoms with Gasteiger partial charge in [-0.05, 0) is 37.0 Å². The first-order valence-electron chi connectivity index (χ1n) is 7.41. The molecule has 122 valence electrons. The number of hydrogen-bond acceptors (Lipinski definition) is 2. The summed E-state index contributed by atoms with van der Waals surface area (Å²) in [6.07, 6.45) is 4.64. The van der Waals surface area contributed by atoms with Gasteiger partial charge in [0.1, 0.15) is 0 Å². The van der Waals surface area contributed by atoms with Gasteiger partial charge in [-0.25, -0.2) is 0 Å². The molecule has 22 heavy (non-hydrogen) atoms. The van der Waals surface area contributed by atoms with Crippen molar-refractivity contribution in [3.63, 3.8) is 0 Å². The Hall–Kier alpha value is -1.26. The lowest BCUT2D eigenvalue weighted by molar-refractivity contribution is -0.137. The second-order valence-electron chi connectivity index (χ2n) is 5.16. The van der Waals surface area contributed by atoms with E-state index in [0.717, 1.165) is 24.8 Å². The van der Waals surface area contributed by atoms with Crippen LogP contribution in [0.3, 0.4) is 0 Å². The Morgan fingerprint density at radius 3 is 2.41 bits per heavy atom. The largest absolute Gasteiger partial charge is 0.481 e. The third kappa shape index (κ3) is 8.25. The van der Waals surface area contributed by atoms with E-state index < -0.39 is 5.97 Å². The van der Waals surface area contributed by atoms with Crippen molar-refractivity contribution >= 4 is 35.1 Å². The topological polar surface area (TPSA) is 66.4 Å². The van der Waals surface area contributed by atoms with Gasteiger partial charge in [0.25, 0.3) is 0 Å². The summed E-state index contributed by atoms with van der Waals surface area (Å²) >= 11 is 11.8. The van der Waals surface area contributed by atoms with Crippen LogP contribution in [0.2, 0.25) is 10.0 Å². The highest BCUT2D eigenvalue weighted by Gasteiger charge is 2.04. The zero-order valence-electron chi connectivity index (χ0n) is 12.4. The van der Waals surface area contributed by atoms with Gasteiger partial charge >= 0.3 is 5.97 Å². The Bertz CT molecular complexity index is 506. The van der Waals surface area contributed by atoms with E-state index in [-0.39, 0.29) is 12.3 Å². The number of aliphatic carboxylic acids is 1. The van der Waals surface area contributed by atoms with Gasteiger partial charge in [0, 0.05) is 19.4 Å². The number of benzene rings is 1. The van der Waals surface area contributed by atoms with Crippen molar-refractivity contribution in [3.05, 3.63) is 33.8 Å². The molecule has 0 atom stereocenters. The second-order valence-corrected chi connectivity index (χ2v) is 5.97. The number of carbonyl (C=O) groups is 2. The van der Waals surface area contributed by atoms with E-state index in [1.165, 1.54) is 0 Å². The highest BCUT2D eigenvalue weighted by Crippen LogP contribution is 2.23. The molecule has 1 aromatic rings. The van der Waals surface area contributed by atoms with Crippen LogP contribution >= 0.6 is 23.2 Å². The van der Waals surface area contributed by atoms with Crippen LogP contribution in [0.25, 0.3) is 0 Å². The number of unbranched alkanes of at least 4 members (excludes halogenated alkanes) is 3. The maximum atomic E-state index is 11.7. The molecule has 2 N–H and O–H groups in total. The summed E-state index contributed by atoms with van der Waals surface area (Å²) < 4.78 is 0. The molecule has 0 aromatic heterocycles. The lowest BCUT2D eigenvalue weighted by Crippen LogP contribution is -2.24. The van der Waals surface area contributed by atoms with E-state index >= 15 is 0 Å². The number of nitrogens with one attached hydrogen (secondary N) is 1. The normalized spacial score (nSPS) is 10.5. The van der Waals surface area contributed by atoms with E-state index in [1.54, 1.807) is 12.1 Å². The Kier molecular flexibility index (Phi) is 8.94. The number of halogens is 2. The molecule has 0 saturated heterocycles. The van der Waals surface area contributed by atoms with Gasteiger partial charge in [-0.3, -0.25) is 9.59 Å². The molecular weight excluding hydrogens is 325 g/mol. The molecule has 1 amide bonds. The molecular formula is C16H21Cl2NO3. The minimum atomic E-state index is -0.754. The predicted octanol–water partition coefficient (Wildman–Crippen LogP) is 4.08. The van der Waals surface area contributed by atoms with Crippen LogP contribution in [0, 0.1) is 0 Å². The van der Waals surface area contributed by atoms with Crippen molar-refractivity contribution in [2.45, 2.75) is 44.9 Å². The van der Waals surface area contributed by atoms with Gasteiger partial charge < -0.3 is 10.4 Å². The Labute approximate surface area is 140 Å². The number of aryl methyl sites for hydroxylation is 1. The van der Waals surface area contributed by atoms with Gasteiger partial charge in [-0.2, -0.15) is 0 Å². The molecule has 0 unspecified atom stereocenters. The predicted molar refractivity (Wildman–Crippen MR) is 88.5 cm³/mol. The van der Waals surface area contributed by atoms with Gasteiger partial charge in [-0.15, -0.1) is 0 Å². The summed E-state index contributed by atoms with van der Waals surface area (Å²) in [5.74, 6) is -0.743. The molecule has 1 aromatic carbocycles. The zero-order valence-corrected chi connectivity index (χ0v) is 13.9. The number of carbonyl (C=O) groups excluding carboxylic acids is 1. The van der Waals surface area contributed by atoms with Crippen LogP contribution in [0.5, 0.6) is 0 Å². The fourth-order valence-corrected chi connectivity index (χ4v) is 2.34. The smallest absolute Gasteiger partial charge is 0.303 e. The lowest BCUT2D eigenvalue weighted by Gasteiger charge is -2.06. The first-order valence-corrected chi connectivity index (χ1v) is 8.17. The van der Waals surface area contributed by atoms with Crippen LogP contribution in [0.4, 0.5) is 0 Å². The molecule has 0 bridgehead atoms. The number of amides is 1. The minimum absolute atomic E-state index is 0.0107. The van der Waals surface area contributed by atoms with E-state index in [2.05, 4.69) is 5.32 Å². The van der Waals surface area contributed by atoms with Crippen LogP contribution in [0.1, 0.15) is 44.1 Å². The molecule has 0 spiro atoms. The third-order valence-electron chi connectivity index (χ3n) is 3.26. The number of carboxylic acids is 1. The van der Waals surface area contributed by atoms with E-state index in [4.69, 9.17) is 28.3 Å². The SMILES string of the molecule is O=C(O)CCCCCCNC(=O)CCc1ccc(Cl)c(Cl)c1. The summed E-state index contributed by atoms with van der Waals surface area (Å²) in [5.41, 5.74) is 0.984. The van der Waals surface area contributed by atoms with Crippen LogP contribution in [-0.4, -0.2) is 23.5 Å². The molecule has 6 heteroatoms. The molecule has 0 radical (unpaired) electrons. The molecule has 0 saturated carbocycles. The van der Waals surface area contributed by atoms with Gasteiger partial charge in [0.15, 0.2) is 0 Å². The fraction of sp³-hybridized carbons (Fsp3) is 0.500. The Morgan fingerprint density at radius 2 is 1.73 bits per heavy atom. The third-order valence-corrected chi connectivity index (χ3v) is 4.00. The maximum absolute atomic E-state index is 11.7. The van der Waals surface area contributed by atoms with Crippen molar-refractivity contribution in [1.29, 1.82) is 0 Å². The standard InChI is InChI=1S/C16H21Cl2NO3/c17-13-8-6-12(11-14(13)18)7-9-15(20)19-10-4-2-1-3-5-16(21)22/h6,8,11H,1-5,7,9-10H2,(H,19,20)(H,21,22). The summed E-state index contributed by atoms with van der Waals surface area (Å²) in [5, 5.41) is 12.4. The van der Waals surface area contributed by atoms with Gasteiger partial charge in [0.05, 0.1) is 10.0 Å². The van der Waals surface area contributed by atoms with Crippen molar-refractivity contribution in [3.8, 4) is 0 Å². The number of rotatable bonds is 10. The van der Waals surface area contributed by atoms with Crippen molar-refractivity contribution in [2.75, 3.05) is 6.54 Å². The first kappa shape index (κ1) is 18.8. The first-order chi connectivity index (χ1) is 10.5. The van der Waals surface area contributed by atoms with Crippen LogP contribution < -0.4 is 5.32 Å². The maximum Gasteiger partial charge on any atom is 0.303 e. The minimum Gasteiger partial charge on any atom is -0.481 e. The van der Waals surface area contributed by atoms with Crippen molar-refractivity contribution < 1.29 is 14.7 Å². The zero-order chi connectivity index (χ0) is 16.4. The summed E-state index contributed by atoms with van der Waals surface area (Å²) in [4.78, 5) is 22.0. The molecule has 0 aliphatic rings. The second kappa shape index (κ2) is 10.5. The molecule has 0 heterocycles. The molecule has 0 aliphatic carbocycles. The Morgan fingerprint density at radius 1 is 1.00 bits per heavy atom. The van der Waals surface area contributed by atoms with Crippen molar-refractivity contribution in [1.82, 2.24) is 5.32 Å². The molecule has 1 rings (SSSR count). The summed E-state index contributed by atoms with van der Waals surface area (Å²) in [6, 6.07) is 5.37. The molecule has 4 nitrogen and oxygen atoms in total. The van der Waals surface area contributed by atoms with Gasteiger partial charge in [-0.1, -0.05) is 42.1 Å². The Balaban J connectivity index is 2.08. The summed E-state index contributed by atoms with van der Waals surface area (Å²) in [7, 11) is 0. The van der Waals surface area contributed by atoms with Crippen molar-refractivity contribution in [2.24, 2.45) is 0 Å². The van der Waals surface area contributed by atoms with Crippen LogP contribution in [-0.2, 0) is 16.0 Å². The monoisotopic (exact) mass is 345 g/mol. The van der Waals surface area contributed by atoms with E-state index in [9.17, 15) is 9.59 Å². The fourth-order valence-electron chi connectivity index (χ4n) is 2.02. The lowest BCUT2D eigenvalue weighted by atomic mass is 10.1. The van der Waals surface area contributed by atoms with Crippen LogP contribution in [0.15, 0.2) is 18.2 Å². The van der Waals surface area contributed by atoms with E-state index in [0.29, 0.717) is 35.9 Å². The highest BCUT2D eigenvalue weighted by atomic mass is 35.5. The number of hydrogen-bond donors (Lipinski definition) is 2. The molecule has 0 fully saturated rings. The van der Waals surface area contributed by atoms with Gasteiger partial charge in [0.2, 0.25) is 5.91 Å². The van der Waals surface area contributed by atoms with E-state index in [1.807, 2.05) is 6.07 Å². The average molecular weight is 346 g/mol. The highest BCUT2D eigenvalue weighted by molar-refractivity contribution is 6.42.